The Bertz CT molecular complexity index is 830. The lowest BCUT2D eigenvalue weighted by atomic mass is 9.97. The Balaban J connectivity index is 1.89. The number of piperidine rings is 1. The molecule has 0 aliphatic carbocycles. The molecular weight excluding hydrogens is 353 g/mol. The Morgan fingerprint density at radius 2 is 1.96 bits per heavy atom. The summed E-state index contributed by atoms with van der Waals surface area (Å²) in [6.07, 6.45) is 2.57. The zero-order valence-electron chi connectivity index (χ0n) is 12.7. The minimum atomic E-state index is -0.782. The summed E-state index contributed by atoms with van der Waals surface area (Å²) < 4.78 is 1.20. The molecule has 1 aromatic carbocycles. The Morgan fingerprint density at radius 1 is 1.25 bits per heavy atom. The van der Waals surface area contributed by atoms with Gasteiger partial charge in [-0.05, 0) is 31.0 Å². The maximum absolute atomic E-state index is 12.5. The van der Waals surface area contributed by atoms with Gasteiger partial charge < -0.3 is 10.0 Å². The first-order valence-corrected chi connectivity index (χ1v) is 8.24. The molecule has 1 aromatic heterocycles. The van der Waals surface area contributed by atoms with Crippen LogP contribution in [0.2, 0.25) is 10.0 Å². The molecule has 3 rings (SSSR count). The molecule has 0 bridgehead atoms. The summed E-state index contributed by atoms with van der Waals surface area (Å²) in [5, 5.41) is 13.8. The van der Waals surface area contributed by atoms with Gasteiger partial charge >= 0.3 is 5.97 Å². The molecule has 24 heavy (non-hydrogen) atoms. The second-order valence-corrected chi connectivity index (χ2v) is 6.45. The van der Waals surface area contributed by atoms with Crippen LogP contribution in [0.1, 0.15) is 12.8 Å². The molecule has 0 spiro atoms. The van der Waals surface area contributed by atoms with Crippen LogP contribution in [0.5, 0.6) is 0 Å². The van der Waals surface area contributed by atoms with Crippen LogP contribution in [0, 0.1) is 5.92 Å². The number of nitrogens with zero attached hydrogens (tertiary/aromatic N) is 3. The van der Waals surface area contributed by atoms with Crippen molar-refractivity contribution < 1.29 is 9.90 Å². The van der Waals surface area contributed by atoms with Gasteiger partial charge in [0.15, 0.2) is 0 Å². The van der Waals surface area contributed by atoms with Crippen LogP contribution in [0.4, 0.5) is 5.69 Å². The van der Waals surface area contributed by atoms with Gasteiger partial charge in [-0.15, -0.1) is 0 Å². The molecule has 1 aliphatic heterocycles. The number of hydrogen-bond donors (Lipinski definition) is 1. The standard InChI is InChI=1S/C16H15Cl2N3O3/c17-11-2-1-3-12(8-11)21-15(22)14(18)13(9-19-21)20-6-4-10(5-7-20)16(23)24/h1-3,8-10H,4-7H2,(H,23,24). The normalized spacial score (nSPS) is 15.5. The van der Waals surface area contributed by atoms with Crippen molar-refractivity contribution in [2.45, 2.75) is 12.8 Å². The lowest BCUT2D eigenvalue weighted by Crippen LogP contribution is -2.37. The number of carbonyl (C=O) groups is 1. The molecule has 1 fully saturated rings. The Kier molecular flexibility index (Phi) is 4.78. The third-order valence-corrected chi connectivity index (χ3v) is 4.73. The molecule has 2 aromatic rings. The summed E-state index contributed by atoms with van der Waals surface area (Å²) in [6.45, 7) is 1.05. The predicted molar refractivity (Wildman–Crippen MR) is 92.4 cm³/mol. The fourth-order valence-corrected chi connectivity index (χ4v) is 3.24. The van der Waals surface area contributed by atoms with Crippen LogP contribution in [0.15, 0.2) is 35.3 Å². The molecule has 0 atom stereocenters. The smallest absolute Gasteiger partial charge is 0.306 e. The number of halogens is 2. The summed E-state index contributed by atoms with van der Waals surface area (Å²) >= 11 is 12.2. The van der Waals surface area contributed by atoms with E-state index in [1.54, 1.807) is 24.3 Å². The van der Waals surface area contributed by atoms with E-state index < -0.39 is 11.5 Å². The number of aliphatic carboxylic acids is 1. The SMILES string of the molecule is O=C(O)C1CCN(c2cnn(-c3cccc(Cl)c3)c(=O)c2Cl)CC1. The predicted octanol–water partition coefficient (Wildman–Crippen LogP) is 2.84. The molecule has 1 aliphatic rings. The second-order valence-electron chi connectivity index (χ2n) is 5.64. The second kappa shape index (κ2) is 6.83. The topological polar surface area (TPSA) is 75.4 Å². The summed E-state index contributed by atoms with van der Waals surface area (Å²) in [6, 6.07) is 6.78. The van der Waals surface area contributed by atoms with E-state index in [9.17, 15) is 9.59 Å². The molecule has 0 amide bonds. The number of benzene rings is 1. The number of carboxylic acids is 1. The lowest BCUT2D eigenvalue weighted by molar-refractivity contribution is -0.142. The first-order valence-electron chi connectivity index (χ1n) is 7.49. The minimum absolute atomic E-state index is 0.0683. The van der Waals surface area contributed by atoms with Crippen molar-refractivity contribution >= 4 is 34.9 Å². The van der Waals surface area contributed by atoms with Crippen LogP contribution in [0.25, 0.3) is 5.69 Å². The lowest BCUT2D eigenvalue weighted by Gasteiger charge is -2.32. The fourth-order valence-electron chi connectivity index (χ4n) is 2.80. The van der Waals surface area contributed by atoms with Crippen molar-refractivity contribution in [1.82, 2.24) is 9.78 Å². The van der Waals surface area contributed by atoms with Gasteiger partial charge in [0.25, 0.3) is 5.56 Å². The first kappa shape index (κ1) is 16.8. The quantitative estimate of drug-likeness (QED) is 0.902. The molecule has 126 valence electrons. The van der Waals surface area contributed by atoms with Crippen LogP contribution < -0.4 is 10.5 Å². The van der Waals surface area contributed by atoms with Gasteiger partial charge in [0.05, 0.1) is 23.5 Å². The average molecular weight is 368 g/mol. The Morgan fingerprint density at radius 3 is 2.58 bits per heavy atom. The number of carboxylic acid groups (broad SMARTS) is 1. The maximum Gasteiger partial charge on any atom is 0.306 e. The van der Waals surface area contributed by atoms with Crippen LogP contribution >= 0.6 is 23.2 Å². The average Bonchev–Trinajstić information content (AvgIpc) is 2.57. The summed E-state index contributed by atoms with van der Waals surface area (Å²) in [5.74, 6) is -1.13. The van der Waals surface area contributed by atoms with Gasteiger partial charge in [0, 0.05) is 18.1 Å². The Labute approximate surface area is 148 Å². The Hall–Kier alpha value is -2.05. The van der Waals surface area contributed by atoms with Gasteiger partial charge in [-0.3, -0.25) is 9.59 Å². The molecule has 8 heteroatoms. The number of aromatic nitrogens is 2. The van der Waals surface area contributed by atoms with Gasteiger partial charge in [0.2, 0.25) is 0 Å². The largest absolute Gasteiger partial charge is 0.481 e. The van der Waals surface area contributed by atoms with E-state index >= 15 is 0 Å². The van der Waals surface area contributed by atoms with E-state index in [1.165, 1.54) is 10.9 Å². The molecule has 1 saturated heterocycles. The minimum Gasteiger partial charge on any atom is -0.481 e. The molecule has 0 radical (unpaired) electrons. The van der Waals surface area contributed by atoms with Gasteiger partial charge in [0.1, 0.15) is 5.02 Å². The highest BCUT2D eigenvalue weighted by molar-refractivity contribution is 6.33. The molecule has 1 N–H and O–H groups in total. The van der Waals surface area contributed by atoms with Gasteiger partial charge in [-0.1, -0.05) is 29.3 Å². The number of rotatable bonds is 3. The van der Waals surface area contributed by atoms with E-state index in [1.807, 2.05) is 4.90 Å². The van der Waals surface area contributed by atoms with Crippen molar-refractivity contribution in [3.05, 3.63) is 50.9 Å². The third-order valence-electron chi connectivity index (χ3n) is 4.14. The summed E-state index contributed by atoms with van der Waals surface area (Å²) in [7, 11) is 0. The van der Waals surface area contributed by atoms with Crippen molar-refractivity contribution in [3.63, 3.8) is 0 Å². The van der Waals surface area contributed by atoms with Crippen molar-refractivity contribution in [3.8, 4) is 5.69 Å². The zero-order chi connectivity index (χ0) is 17.3. The van der Waals surface area contributed by atoms with Crippen LogP contribution in [-0.4, -0.2) is 33.9 Å². The highest BCUT2D eigenvalue weighted by Gasteiger charge is 2.26. The summed E-state index contributed by atoms with van der Waals surface area (Å²) in [4.78, 5) is 25.4. The van der Waals surface area contributed by atoms with E-state index in [2.05, 4.69) is 5.10 Å². The van der Waals surface area contributed by atoms with E-state index in [0.717, 1.165) is 0 Å². The number of anilines is 1. The number of hydrogen-bond acceptors (Lipinski definition) is 4. The molecule has 0 unspecified atom stereocenters. The highest BCUT2D eigenvalue weighted by Crippen LogP contribution is 2.27. The highest BCUT2D eigenvalue weighted by atomic mass is 35.5. The summed E-state index contributed by atoms with van der Waals surface area (Å²) in [5.41, 5.74) is 0.631. The van der Waals surface area contributed by atoms with E-state index in [4.69, 9.17) is 28.3 Å². The van der Waals surface area contributed by atoms with Crippen LogP contribution in [0.3, 0.4) is 0 Å². The van der Waals surface area contributed by atoms with Gasteiger partial charge in [-0.2, -0.15) is 9.78 Å². The first-order chi connectivity index (χ1) is 11.5. The van der Waals surface area contributed by atoms with Crippen molar-refractivity contribution in [2.24, 2.45) is 5.92 Å². The molecular formula is C16H15Cl2N3O3. The van der Waals surface area contributed by atoms with Crippen molar-refractivity contribution in [1.29, 1.82) is 0 Å². The molecule has 6 nitrogen and oxygen atoms in total. The van der Waals surface area contributed by atoms with Crippen molar-refractivity contribution in [2.75, 3.05) is 18.0 Å². The third kappa shape index (κ3) is 3.25. The van der Waals surface area contributed by atoms with Gasteiger partial charge in [-0.25, -0.2) is 0 Å². The monoisotopic (exact) mass is 367 g/mol. The fraction of sp³-hybridized carbons (Fsp3) is 0.312. The van der Waals surface area contributed by atoms with Crippen LogP contribution in [-0.2, 0) is 4.79 Å². The van der Waals surface area contributed by atoms with E-state index in [-0.39, 0.29) is 10.9 Å². The maximum atomic E-state index is 12.5. The molecule has 0 saturated carbocycles. The zero-order valence-corrected chi connectivity index (χ0v) is 14.2. The van der Waals surface area contributed by atoms with E-state index in [0.29, 0.717) is 42.3 Å². The molecule has 2 heterocycles.